The molecule has 7 heteroatoms. The van der Waals surface area contributed by atoms with Crippen molar-refractivity contribution in [3.05, 3.63) is 71.6 Å². The first kappa shape index (κ1) is 19.6. The number of para-hydroxylation sites is 1. The Labute approximate surface area is 166 Å². The Kier molecular flexibility index (Phi) is 6.39. The van der Waals surface area contributed by atoms with Crippen LogP contribution in [-0.2, 0) is 16.1 Å². The third-order valence-corrected chi connectivity index (χ3v) is 4.87. The lowest BCUT2D eigenvalue weighted by molar-refractivity contribution is -0.120. The lowest BCUT2D eigenvalue weighted by Gasteiger charge is -2.04. The second kappa shape index (κ2) is 9.14. The number of esters is 1. The summed E-state index contributed by atoms with van der Waals surface area (Å²) in [6.07, 6.45) is 1.73. The Morgan fingerprint density at radius 2 is 2.00 bits per heavy atom. The van der Waals surface area contributed by atoms with Crippen molar-refractivity contribution in [2.75, 3.05) is 13.2 Å². The molecule has 0 saturated carbocycles. The summed E-state index contributed by atoms with van der Waals surface area (Å²) in [6, 6.07) is 14.4. The highest BCUT2D eigenvalue weighted by Crippen LogP contribution is 2.20. The standard InChI is InChI=1S/C21H20N2O4S/c1-3-12-23-17-11-10-15(20(25)26-4-2)13-18(17)28-21(23)22-19(24)14-27-16-8-6-5-7-9-16/h3,5-11,13H,1,4,12,14H2,2H3. The van der Waals surface area contributed by atoms with Gasteiger partial charge in [0.05, 0.1) is 22.4 Å². The van der Waals surface area contributed by atoms with Crippen molar-refractivity contribution in [2.45, 2.75) is 13.5 Å². The number of rotatable bonds is 7. The van der Waals surface area contributed by atoms with Crippen molar-refractivity contribution < 1.29 is 19.1 Å². The number of carbonyl (C=O) groups excluding carboxylic acids is 2. The van der Waals surface area contributed by atoms with Crippen LogP contribution in [0.5, 0.6) is 5.75 Å². The number of carbonyl (C=O) groups is 2. The largest absolute Gasteiger partial charge is 0.484 e. The van der Waals surface area contributed by atoms with Gasteiger partial charge in [-0.25, -0.2) is 4.79 Å². The van der Waals surface area contributed by atoms with Gasteiger partial charge in [0.15, 0.2) is 11.4 Å². The average Bonchev–Trinajstić information content (AvgIpc) is 3.04. The second-order valence-corrected chi connectivity index (χ2v) is 6.80. The van der Waals surface area contributed by atoms with Gasteiger partial charge in [-0.05, 0) is 37.3 Å². The highest BCUT2D eigenvalue weighted by Gasteiger charge is 2.12. The first-order chi connectivity index (χ1) is 13.6. The summed E-state index contributed by atoms with van der Waals surface area (Å²) in [6.45, 7) is 6.18. The molecule has 0 aliphatic rings. The van der Waals surface area contributed by atoms with Crippen LogP contribution in [0.1, 0.15) is 17.3 Å². The molecule has 0 N–H and O–H groups in total. The molecule has 0 atom stereocenters. The molecular weight excluding hydrogens is 376 g/mol. The lowest BCUT2D eigenvalue weighted by atomic mass is 10.2. The first-order valence-corrected chi connectivity index (χ1v) is 9.61. The van der Waals surface area contributed by atoms with Crippen molar-refractivity contribution in [1.82, 2.24) is 4.57 Å². The van der Waals surface area contributed by atoms with E-state index in [1.54, 1.807) is 37.3 Å². The number of hydrogen-bond donors (Lipinski definition) is 0. The minimum absolute atomic E-state index is 0.152. The summed E-state index contributed by atoms with van der Waals surface area (Å²) in [7, 11) is 0. The predicted octanol–water partition coefficient (Wildman–Crippen LogP) is 3.57. The normalized spacial score (nSPS) is 11.4. The van der Waals surface area contributed by atoms with Crippen LogP contribution in [0.2, 0.25) is 0 Å². The highest BCUT2D eigenvalue weighted by atomic mass is 32.1. The monoisotopic (exact) mass is 396 g/mol. The van der Waals surface area contributed by atoms with E-state index in [-0.39, 0.29) is 18.5 Å². The zero-order valence-electron chi connectivity index (χ0n) is 15.5. The van der Waals surface area contributed by atoms with Gasteiger partial charge in [0.1, 0.15) is 5.75 Å². The molecule has 0 fully saturated rings. The van der Waals surface area contributed by atoms with E-state index in [1.807, 2.05) is 28.8 Å². The molecule has 0 bridgehead atoms. The van der Waals surface area contributed by atoms with Crippen molar-refractivity contribution in [3.63, 3.8) is 0 Å². The number of thiazole rings is 1. The van der Waals surface area contributed by atoms with Crippen LogP contribution in [0.3, 0.4) is 0 Å². The number of fused-ring (bicyclic) bond motifs is 1. The van der Waals surface area contributed by atoms with Crippen LogP contribution in [0.25, 0.3) is 10.2 Å². The van der Waals surface area contributed by atoms with Gasteiger partial charge in [-0.1, -0.05) is 35.6 Å². The van der Waals surface area contributed by atoms with Gasteiger partial charge in [-0.2, -0.15) is 4.99 Å². The van der Waals surface area contributed by atoms with Crippen LogP contribution >= 0.6 is 11.3 Å². The summed E-state index contributed by atoms with van der Waals surface area (Å²) in [4.78, 5) is 29.0. The van der Waals surface area contributed by atoms with E-state index in [2.05, 4.69) is 11.6 Å². The molecule has 0 saturated heterocycles. The van der Waals surface area contributed by atoms with Crippen molar-refractivity contribution in [1.29, 1.82) is 0 Å². The van der Waals surface area contributed by atoms with Crippen molar-refractivity contribution >= 4 is 33.4 Å². The fourth-order valence-corrected chi connectivity index (χ4v) is 3.70. The van der Waals surface area contributed by atoms with Gasteiger partial charge in [-0.3, -0.25) is 4.79 Å². The third-order valence-electron chi connectivity index (χ3n) is 3.83. The second-order valence-electron chi connectivity index (χ2n) is 5.79. The van der Waals surface area contributed by atoms with E-state index in [4.69, 9.17) is 9.47 Å². The van der Waals surface area contributed by atoms with E-state index in [1.165, 1.54) is 11.3 Å². The van der Waals surface area contributed by atoms with E-state index < -0.39 is 0 Å². The number of hydrogen-bond acceptors (Lipinski definition) is 5. The number of allylic oxidation sites excluding steroid dienone is 1. The van der Waals surface area contributed by atoms with Crippen LogP contribution in [-0.4, -0.2) is 29.7 Å². The van der Waals surface area contributed by atoms with Crippen LogP contribution in [0.4, 0.5) is 0 Å². The molecule has 6 nitrogen and oxygen atoms in total. The Hall–Kier alpha value is -3.19. The molecule has 3 aromatic rings. The van der Waals surface area contributed by atoms with Gasteiger partial charge in [0, 0.05) is 6.54 Å². The summed E-state index contributed by atoms with van der Waals surface area (Å²) in [5, 5.41) is 0. The molecule has 0 aliphatic carbocycles. The maximum absolute atomic E-state index is 12.3. The summed E-state index contributed by atoms with van der Waals surface area (Å²) >= 11 is 1.33. The Balaban J connectivity index is 1.90. The number of nitrogens with zero attached hydrogens (tertiary/aromatic N) is 2. The Morgan fingerprint density at radius 1 is 1.21 bits per heavy atom. The molecule has 2 aromatic carbocycles. The van der Waals surface area contributed by atoms with Crippen LogP contribution in [0.15, 0.2) is 66.2 Å². The van der Waals surface area contributed by atoms with E-state index in [0.717, 1.165) is 10.2 Å². The summed E-state index contributed by atoms with van der Waals surface area (Å²) in [5.41, 5.74) is 1.33. The maximum Gasteiger partial charge on any atom is 0.338 e. The highest BCUT2D eigenvalue weighted by molar-refractivity contribution is 7.16. The molecule has 0 unspecified atom stereocenters. The Bertz CT molecular complexity index is 1070. The quantitative estimate of drug-likeness (QED) is 0.452. The molecular formula is C21H20N2O4S. The fraction of sp³-hybridized carbons (Fsp3) is 0.190. The zero-order valence-corrected chi connectivity index (χ0v) is 16.3. The molecule has 144 valence electrons. The smallest absolute Gasteiger partial charge is 0.338 e. The minimum Gasteiger partial charge on any atom is -0.484 e. The molecule has 1 heterocycles. The van der Waals surface area contributed by atoms with Crippen LogP contribution in [0, 0.1) is 0 Å². The van der Waals surface area contributed by atoms with Gasteiger partial charge in [0.25, 0.3) is 5.91 Å². The molecule has 0 spiro atoms. The minimum atomic E-state index is -0.390. The number of ether oxygens (including phenoxy) is 2. The molecule has 1 aromatic heterocycles. The van der Waals surface area contributed by atoms with Gasteiger partial charge >= 0.3 is 5.97 Å². The molecule has 28 heavy (non-hydrogen) atoms. The van der Waals surface area contributed by atoms with Crippen molar-refractivity contribution in [3.8, 4) is 5.75 Å². The average molecular weight is 396 g/mol. The lowest BCUT2D eigenvalue weighted by Crippen LogP contribution is -2.19. The van der Waals surface area contributed by atoms with Crippen molar-refractivity contribution in [2.24, 2.45) is 4.99 Å². The van der Waals surface area contributed by atoms with Gasteiger partial charge in [-0.15, -0.1) is 6.58 Å². The topological polar surface area (TPSA) is 69.9 Å². The van der Waals surface area contributed by atoms with E-state index in [9.17, 15) is 9.59 Å². The third kappa shape index (κ3) is 4.55. The SMILES string of the molecule is C=CCn1c(=NC(=O)COc2ccccc2)sc2cc(C(=O)OCC)ccc21. The number of amides is 1. The zero-order chi connectivity index (χ0) is 19.9. The molecule has 0 radical (unpaired) electrons. The maximum atomic E-state index is 12.3. The molecule has 0 aliphatic heterocycles. The van der Waals surface area contributed by atoms with E-state index in [0.29, 0.717) is 29.3 Å². The van der Waals surface area contributed by atoms with Crippen LogP contribution < -0.4 is 9.54 Å². The van der Waals surface area contributed by atoms with Gasteiger partial charge < -0.3 is 14.0 Å². The number of aromatic nitrogens is 1. The summed E-state index contributed by atoms with van der Waals surface area (Å²) < 4.78 is 13.2. The van der Waals surface area contributed by atoms with Gasteiger partial charge in [0.2, 0.25) is 0 Å². The fourth-order valence-electron chi connectivity index (χ4n) is 2.61. The van der Waals surface area contributed by atoms with E-state index >= 15 is 0 Å². The summed E-state index contributed by atoms with van der Waals surface area (Å²) in [5.74, 6) is -0.154. The number of benzene rings is 2. The predicted molar refractivity (Wildman–Crippen MR) is 108 cm³/mol. The first-order valence-electron chi connectivity index (χ1n) is 8.79. The molecule has 1 amide bonds. The molecule has 3 rings (SSSR count). The Morgan fingerprint density at radius 3 is 2.71 bits per heavy atom.